The van der Waals surface area contributed by atoms with Gasteiger partial charge in [-0.2, -0.15) is 4.98 Å². The molecule has 138 valence electrons. The second-order valence-electron chi connectivity index (χ2n) is 6.24. The molecule has 0 unspecified atom stereocenters. The SMILES string of the molecule is CCc1cccc(C)c1Nc1ccnc(Nc2ccc(NC(C)=O)cc2)n1. The van der Waals surface area contributed by atoms with Crippen LogP contribution in [0, 0.1) is 6.92 Å². The molecule has 0 radical (unpaired) electrons. The second kappa shape index (κ2) is 8.31. The van der Waals surface area contributed by atoms with Crippen LogP contribution in [0.1, 0.15) is 25.0 Å². The van der Waals surface area contributed by atoms with E-state index < -0.39 is 0 Å². The van der Waals surface area contributed by atoms with E-state index >= 15 is 0 Å². The molecular weight excluding hydrogens is 338 g/mol. The molecule has 0 fully saturated rings. The minimum absolute atomic E-state index is 0.0968. The molecule has 6 heteroatoms. The third kappa shape index (κ3) is 4.82. The normalized spacial score (nSPS) is 10.3. The Bertz CT molecular complexity index is 938. The first-order valence-corrected chi connectivity index (χ1v) is 8.88. The van der Waals surface area contributed by atoms with Crippen LogP contribution in [0.2, 0.25) is 0 Å². The van der Waals surface area contributed by atoms with Gasteiger partial charge in [-0.05, 0) is 54.8 Å². The summed E-state index contributed by atoms with van der Waals surface area (Å²) in [5.41, 5.74) is 5.10. The third-order valence-electron chi connectivity index (χ3n) is 4.11. The largest absolute Gasteiger partial charge is 0.340 e. The van der Waals surface area contributed by atoms with E-state index in [0.717, 1.165) is 29.3 Å². The number of rotatable bonds is 6. The Morgan fingerprint density at radius 1 is 1.00 bits per heavy atom. The Labute approximate surface area is 159 Å². The molecule has 0 atom stereocenters. The van der Waals surface area contributed by atoms with Gasteiger partial charge in [0.1, 0.15) is 5.82 Å². The fraction of sp³-hybridized carbons (Fsp3) is 0.190. The Balaban J connectivity index is 1.75. The lowest BCUT2D eigenvalue weighted by Crippen LogP contribution is -2.05. The zero-order valence-corrected chi connectivity index (χ0v) is 15.7. The molecule has 27 heavy (non-hydrogen) atoms. The molecule has 3 rings (SSSR count). The van der Waals surface area contributed by atoms with Crippen molar-refractivity contribution in [1.29, 1.82) is 0 Å². The van der Waals surface area contributed by atoms with Gasteiger partial charge in [0.25, 0.3) is 0 Å². The van der Waals surface area contributed by atoms with Gasteiger partial charge in [-0.25, -0.2) is 4.98 Å². The quantitative estimate of drug-likeness (QED) is 0.588. The van der Waals surface area contributed by atoms with Crippen molar-refractivity contribution in [2.75, 3.05) is 16.0 Å². The molecule has 2 aromatic carbocycles. The number of hydrogen-bond donors (Lipinski definition) is 3. The van der Waals surface area contributed by atoms with Gasteiger partial charge in [0.05, 0.1) is 0 Å². The van der Waals surface area contributed by atoms with Gasteiger partial charge in [-0.1, -0.05) is 25.1 Å². The summed E-state index contributed by atoms with van der Waals surface area (Å²) >= 11 is 0. The number of para-hydroxylation sites is 1. The van der Waals surface area contributed by atoms with Crippen molar-refractivity contribution in [3.8, 4) is 0 Å². The van der Waals surface area contributed by atoms with E-state index in [2.05, 4.69) is 58.0 Å². The number of benzene rings is 2. The number of amides is 1. The second-order valence-corrected chi connectivity index (χ2v) is 6.24. The summed E-state index contributed by atoms with van der Waals surface area (Å²) in [5.74, 6) is 1.13. The van der Waals surface area contributed by atoms with Gasteiger partial charge in [0.15, 0.2) is 0 Å². The molecule has 1 amide bonds. The molecule has 3 N–H and O–H groups in total. The van der Waals surface area contributed by atoms with Crippen LogP contribution in [0.15, 0.2) is 54.7 Å². The van der Waals surface area contributed by atoms with Crippen molar-refractivity contribution in [2.45, 2.75) is 27.2 Å². The highest BCUT2D eigenvalue weighted by Gasteiger charge is 2.07. The lowest BCUT2D eigenvalue weighted by molar-refractivity contribution is -0.114. The molecule has 0 saturated carbocycles. The molecule has 1 aromatic heterocycles. The predicted octanol–water partition coefficient (Wildman–Crippen LogP) is 4.79. The number of anilines is 5. The Hall–Kier alpha value is -3.41. The number of aryl methyl sites for hydroxylation is 2. The fourth-order valence-electron chi connectivity index (χ4n) is 2.79. The number of aromatic nitrogens is 2. The van der Waals surface area contributed by atoms with Crippen molar-refractivity contribution in [3.05, 3.63) is 65.9 Å². The van der Waals surface area contributed by atoms with Gasteiger partial charge >= 0.3 is 0 Å². The summed E-state index contributed by atoms with van der Waals surface area (Å²) in [5, 5.41) is 9.33. The van der Waals surface area contributed by atoms with Crippen molar-refractivity contribution < 1.29 is 4.79 Å². The zero-order valence-electron chi connectivity index (χ0n) is 15.7. The molecule has 0 saturated heterocycles. The monoisotopic (exact) mass is 361 g/mol. The van der Waals surface area contributed by atoms with Crippen LogP contribution in [0.25, 0.3) is 0 Å². The Morgan fingerprint density at radius 3 is 2.44 bits per heavy atom. The van der Waals surface area contributed by atoms with E-state index in [9.17, 15) is 4.79 Å². The van der Waals surface area contributed by atoms with Crippen LogP contribution in [-0.2, 0) is 11.2 Å². The number of carbonyl (C=O) groups excluding carboxylic acids is 1. The van der Waals surface area contributed by atoms with E-state index in [-0.39, 0.29) is 5.91 Å². The smallest absolute Gasteiger partial charge is 0.229 e. The minimum Gasteiger partial charge on any atom is -0.340 e. The van der Waals surface area contributed by atoms with Crippen LogP contribution < -0.4 is 16.0 Å². The molecule has 0 aliphatic rings. The molecule has 0 aliphatic heterocycles. The minimum atomic E-state index is -0.0968. The molecule has 0 spiro atoms. The molecule has 1 heterocycles. The van der Waals surface area contributed by atoms with Crippen LogP contribution in [0.4, 0.5) is 28.8 Å². The first kappa shape index (κ1) is 18.4. The van der Waals surface area contributed by atoms with Crippen LogP contribution in [0.5, 0.6) is 0 Å². The predicted molar refractivity (Wildman–Crippen MR) is 110 cm³/mol. The van der Waals surface area contributed by atoms with Gasteiger partial charge in [0.2, 0.25) is 11.9 Å². The highest BCUT2D eigenvalue weighted by molar-refractivity contribution is 5.88. The average molecular weight is 361 g/mol. The van der Waals surface area contributed by atoms with Crippen molar-refractivity contribution >= 4 is 34.7 Å². The van der Waals surface area contributed by atoms with E-state index in [4.69, 9.17) is 0 Å². The molecule has 3 aromatic rings. The zero-order chi connectivity index (χ0) is 19.2. The molecular formula is C21H23N5O. The van der Waals surface area contributed by atoms with Crippen LogP contribution in [-0.4, -0.2) is 15.9 Å². The number of nitrogens with one attached hydrogen (secondary N) is 3. The molecule has 0 aliphatic carbocycles. The van der Waals surface area contributed by atoms with Crippen molar-refractivity contribution in [2.24, 2.45) is 0 Å². The number of hydrogen-bond acceptors (Lipinski definition) is 5. The van der Waals surface area contributed by atoms with E-state index in [1.807, 2.05) is 30.3 Å². The van der Waals surface area contributed by atoms with E-state index in [1.54, 1.807) is 6.20 Å². The topological polar surface area (TPSA) is 78.9 Å². The van der Waals surface area contributed by atoms with Gasteiger partial charge in [-0.15, -0.1) is 0 Å². The van der Waals surface area contributed by atoms with Crippen LogP contribution >= 0.6 is 0 Å². The standard InChI is InChI=1S/C21H23N5O/c1-4-16-7-5-6-14(2)20(16)25-19-12-13-22-21(26-19)24-18-10-8-17(9-11-18)23-15(3)27/h5-13H,4H2,1-3H3,(H,23,27)(H2,22,24,25,26). The number of carbonyl (C=O) groups is 1. The number of nitrogens with zero attached hydrogens (tertiary/aromatic N) is 2. The lowest BCUT2D eigenvalue weighted by Gasteiger charge is -2.14. The summed E-state index contributed by atoms with van der Waals surface area (Å²) in [7, 11) is 0. The first-order chi connectivity index (χ1) is 13.0. The molecule has 6 nitrogen and oxygen atoms in total. The van der Waals surface area contributed by atoms with Gasteiger partial charge in [-0.3, -0.25) is 4.79 Å². The highest BCUT2D eigenvalue weighted by atomic mass is 16.1. The summed E-state index contributed by atoms with van der Waals surface area (Å²) < 4.78 is 0. The maximum absolute atomic E-state index is 11.1. The summed E-state index contributed by atoms with van der Waals surface area (Å²) in [4.78, 5) is 19.9. The summed E-state index contributed by atoms with van der Waals surface area (Å²) in [6.45, 7) is 5.70. The van der Waals surface area contributed by atoms with Crippen molar-refractivity contribution in [1.82, 2.24) is 9.97 Å². The Kier molecular flexibility index (Phi) is 5.66. The maximum Gasteiger partial charge on any atom is 0.229 e. The average Bonchev–Trinajstić information content (AvgIpc) is 2.65. The third-order valence-corrected chi connectivity index (χ3v) is 4.11. The van der Waals surface area contributed by atoms with E-state index in [1.165, 1.54) is 18.1 Å². The summed E-state index contributed by atoms with van der Waals surface area (Å²) in [6, 6.07) is 15.5. The van der Waals surface area contributed by atoms with Crippen LogP contribution in [0.3, 0.4) is 0 Å². The molecule has 0 bridgehead atoms. The lowest BCUT2D eigenvalue weighted by atomic mass is 10.1. The fourth-order valence-corrected chi connectivity index (χ4v) is 2.79. The highest BCUT2D eigenvalue weighted by Crippen LogP contribution is 2.25. The maximum atomic E-state index is 11.1. The van der Waals surface area contributed by atoms with Gasteiger partial charge in [0, 0.05) is 30.2 Å². The summed E-state index contributed by atoms with van der Waals surface area (Å²) in [6.07, 6.45) is 2.66. The van der Waals surface area contributed by atoms with Gasteiger partial charge < -0.3 is 16.0 Å². The Morgan fingerprint density at radius 2 is 1.74 bits per heavy atom. The first-order valence-electron chi connectivity index (χ1n) is 8.88. The van der Waals surface area contributed by atoms with E-state index in [0.29, 0.717) is 5.95 Å². The van der Waals surface area contributed by atoms with Crippen molar-refractivity contribution in [3.63, 3.8) is 0 Å².